The van der Waals surface area contributed by atoms with Gasteiger partial charge in [-0.3, -0.25) is 0 Å². The van der Waals surface area contributed by atoms with E-state index in [1.54, 1.807) is 0 Å². The maximum Gasteiger partial charge on any atom is 0.330 e. The molecule has 1 aromatic carbocycles. The molecule has 1 rings (SSSR count). The summed E-state index contributed by atoms with van der Waals surface area (Å²) in [5.74, 6) is -2.44. The minimum atomic E-state index is -4.24. The van der Waals surface area contributed by atoms with Crippen LogP contribution in [0.1, 0.15) is 12.5 Å². The second kappa shape index (κ2) is 7.34. The molecule has 0 fully saturated rings. The van der Waals surface area contributed by atoms with E-state index in [1.807, 2.05) is 0 Å². The Balaban J connectivity index is 3.21. The van der Waals surface area contributed by atoms with Crippen LogP contribution in [0.3, 0.4) is 0 Å². The molecule has 0 aromatic heterocycles. The molecule has 0 saturated carbocycles. The molecule has 0 saturated heterocycles. The van der Waals surface area contributed by atoms with Crippen LogP contribution in [0, 0.1) is 0 Å². The lowest BCUT2D eigenvalue weighted by Gasteiger charge is -2.34. The Hall–Kier alpha value is -1.25. The van der Waals surface area contributed by atoms with Crippen molar-refractivity contribution in [1.29, 1.82) is 0 Å². The summed E-state index contributed by atoms with van der Waals surface area (Å²) >= 11 is 5.70. The van der Waals surface area contributed by atoms with E-state index >= 15 is 0 Å². The predicted octanol–water partition coefficient (Wildman–Crippen LogP) is 2.25. The topological polar surface area (TPSA) is 74.7 Å². The number of halogens is 3. The van der Waals surface area contributed by atoms with E-state index in [2.05, 4.69) is 0 Å². The number of carboxylic acid groups (broad SMARTS) is 1. The van der Waals surface area contributed by atoms with Crippen LogP contribution in [0.5, 0.6) is 0 Å². The minimum Gasteiger partial charge on any atom is -0.480 e. The molecule has 0 amide bonds. The zero-order valence-electron chi connectivity index (χ0n) is 11.8. The van der Waals surface area contributed by atoms with Gasteiger partial charge in [0.15, 0.2) is 5.54 Å². The van der Waals surface area contributed by atoms with Gasteiger partial charge in [-0.15, -0.1) is 0 Å². The molecule has 22 heavy (non-hydrogen) atoms. The Labute approximate surface area is 132 Å². The van der Waals surface area contributed by atoms with Gasteiger partial charge in [0.05, 0.1) is 5.75 Å². The number of sulfonamides is 1. The summed E-state index contributed by atoms with van der Waals surface area (Å²) in [5, 5.41) is 9.49. The van der Waals surface area contributed by atoms with Gasteiger partial charge >= 0.3 is 5.97 Å². The second-order valence-corrected chi connectivity index (χ2v) is 6.98. The first-order valence-corrected chi connectivity index (χ1v) is 8.32. The van der Waals surface area contributed by atoms with Crippen molar-refractivity contribution in [3.63, 3.8) is 0 Å². The van der Waals surface area contributed by atoms with Gasteiger partial charge in [0.1, 0.15) is 13.3 Å². The maximum atomic E-state index is 13.2. The van der Waals surface area contributed by atoms with Gasteiger partial charge in [-0.1, -0.05) is 30.7 Å². The van der Waals surface area contributed by atoms with Crippen molar-refractivity contribution in [2.24, 2.45) is 0 Å². The monoisotopic (exact) mass is 355 g/mol. The van der Waals surface area contributed by atoms with Crippen molar-refractivity contribution in [2.75, 3.05) is 19.9 Å². The number of hydrogen-bond acceptors (Lipinski definition) is 3. The van der Waals surface area contributed by atoms with Crippen molar-refractivity contribution < 1.29 is 27.1 Å². The molecule has 0 heterocycles. The minimum absolute atomic E-state index is 0.333. The van der Waals surface area contributed by atoms with Gasteiger partial charge in [-0.25, -0.2) is 22.0 Å². The Bertz CT molecular complexity index is 617. The lowest BCUT2D eigenvalue weighted by Crippen LogP contribution is -2.60. The number of alkyl halides is 2. The lowest BCUT2D eigenvalue weighted by atomic mass is 10.0. The highest BCUT2D eigenvalue weighted by molar-refractivity contribution is 7.88. The zero-order chi connectivity index (χ0) is 17.0. The molecular formula is C13H16ClF2NO4S. The molecule has 0 bridgehead atoms. The highest BCUT2D eigenvalue weighted by atomic mass is 35.5. The molecule has 5 nitrogen and oxygen atoms in total. The molecule has 1 N–H and O–H groups in total. The number of carbonyl (C=O) groups is 1. The number of benzene rings is 1. The number of nitrogens with zero attached hydrogens (tertiary/aromatic N) is 1. The number of carboxylic acids is 1. The normalized spacial score (nSPS) is 12.6. The van der Waals surface area contributed by atoms with Gasteiger partial charge in [0, 0.05) is 11.6 Å². The summed E-state index contributed by atoms with van der Waals surface area (Å²) in [7, 11) is -4.24. The molecule has 0 radical (unpaired) electrons. The second-order valence-electron chi connectivity index (χ2n) is 4.65. The van der Waals surface area contributed by atoms with Crippen LogP contribution in [-0.4, -0.2) is 49.2 Å². The van der Waals surface area contributed by atoms with Crippen molar-refractivity contribution in [1.82, 2.24) is 4.31 Å². The van der Waals surface area contributed by atoms with Gasteiger partial charge in [-0.05, 0) is 17.7 Å². The molecule has 0 aliphatic heterocycles. The molecule has 9 heteroatoms. The largest absolute Gasteiger partial charge is 0.480 e. The number of likely N-dealkylation sites (N-methyl/N-ethyl adjacent to an activating group) is 1. The first-order valence-electron chi connectivity index (χ1n) is 6.33. The summed E-state index contributed by atoms with van der Waals surface area (Å²) in [4.78, 5) is 11.2. The average molecular weight is 356 g/mol. The number of aliphatic carboxylic acids is 1. The maximum absolute atomic E-state index is 13.2. The Kier molecular flexibility index (Phi) is 6.27. The fourth-order valence-corrected chi connectivity index (χ4v) is 4.02. The first kappa shape index (κ1) is 18.8. The van der Waals surface area contributed by atoms with Crippen molar-refractivity contribution >= 4 is 27.6 Å². The fourth-order valence-electron chi connectivity index (χ4n) is 2.02. The number of rotatable bonds is 8. The SMILES string of the molecule is CCN(C(CF)(CF)C(=O)O)S(=O)(=O)Cc1ccc(Cl)cc1. The Morgan fingerprint density at radius 1 is 1.27 bits per heavy atom. The van der Waals surface area contributed by atoms with Crippen LogP contribution in [0.4, 0.5) is 8.78 Å². The molecule has 0 aliphatic rings. The van der Waals surface area contributed by atoms with E-state index in [4.69, 9.17) is 16.7 Å². The average Bonchev–Trinajstić information content (AvgIpc) is 2.46. The highest BCUT2D eigenvalue weighted by Gasteiger charge is 2.50. The van der Waals surface area contributed by atoms with Crippen molar-refractivity contribution in [2.45, 2.75) is 18.2 Å². The van der Waals surface area contributed by atoms with E-state index < -0.39 is 40.6 Å². The highest BCUT2D eigenvalue weighted by Crippen LogP contribution is 2.25. The van der Waals surface area contributed by atoms with E-state index in [0.717, 1.165) is 0 Å². The van der Waals surface area contributed by atoms with Gasteiger partial charge in [0.25, 0.3) is 0 Å². The van der Waals surface area contributed by atoms with E-state index in [1.165, 1.54) is 31.2 Å². The summed E-state index contributed by atoms with van der Waals surface area (Å²) in [6.07, 6.45) is 0. The summed E-state index contributed by atoms with van der Waals surface area (Å²) in [6.45, 7) is -2.36. The van der Waals surface area contributed by atoms with Crippen LogP contribution < -0.4 is 0 Å². The fraction of sp³-hybridized carbons (Fsp3) is 0.462. The van der Waals surface area contributed by atoms with E-state index in [0.29, 0.717) is 14.9 Å². The standard InChI is InChI=1S/C13H16ClF2NO4S/c1-2-17(13(8-15,9-16)12(18)19)22(20,21)7-10-3-5-11(14)6-4-10/h3-6H,2,7-9H2,1H3,(H,18,19). The summed E-state index contributed by atoms with van der Waals surface area (Å²) < 4.78 is 51.5. The summed E-state index contributed by atoms with van der Waals surface area (Å²) in [5.41, 5.74) is -2.40. The smallest absolute Gasteiger partial charge is 0.330 e. The van der Waals surface area contributed by atoms with Crippen LogP contribution in [-0.2, 0) is 20.6 Å². The quantitative estimate of drug-likeness (QED) is 0.776. The Morgan fingerprint density at radius 2 is 1.77 bits per heavy atom. The molecular weight excluding hydrogens is 340 g/mol. The van der Waals surface area contributed by atoms with Crippen molar-refractivity contribution in [3.8, 4) is 0 Å². The summed E-state index contributed by atoms with van der Waals surface area (Å²) in [6, 6.07) is 5.83. The van der Waals surface area contributed by atoms with Gasteiger partial charge in [0.2, 0.25) is 10.0 Å². The third kappa shape index (κ3) is 3.74. The predicted molar refractivity (Wildman–Crippen MR) is 78.8 cm³/mol. The zero-order valence-corrected chi connectivity index (χ0v) is 13.4. The van der Waals surface area contributed by atoms with Crippen LogP contribution in [0.2, 0.25) is 5.02 Å². The van der Waals surface area contributed by atoms with E-state index in [-0.39, 0.29) is 6.54 Å². The van der Waals surface area contributed by atoms with Crippen LogP contribution >= 0.6 is 11.6 Å². The molecule has 124 valence electrons. The molecule has 1 aromatic rings. The first-order chi connectivity index (χ1) is 10.2. The number of hydrogen-bond donors (Lipinski definition) is 1. The molecule has 0 unspecified atom stereocenters. The third-order valence-electron chi connectivity index (χ3n) is 3.20. The lowest BCUT2D eigenvalue weighted by molar-refractivity contribution is -0.150. The molecule has 0 aliphatic carbocycles. The third-order valence-corrected chi connectivity index (χ3v) is 5.43. The molecule has 0 atom stereocenters. The van der Waals surface area contributed by atoms with Crippen LogP contribution in [0.25, 0.3) is 0 Å². The van der Waals surface area contributed by atoms with E-state index in [9.17, 15) is 22.0 Å². The van der Waals surface area contributed by atoms with Crippen molar-refractivity contribution in [3.05, 3.63) is 34.9 Å². The molecule has 0 spiro atoms. The van der Waals surface area contributed by atoms with Crippen LogP contribution in [0.15, 0.2) is 24.3 Å². The van der Waals surface area contributed by atoms with Gasteiger partial charge < -0.3 is 5.11 Å². The Morgan fingerprint density at radius 3 is 2.14 bits per heavy atom. The van der Waals surface area contributed by atoms with Gasteiger partial charge in [-0.2, -0.15) is 4.31 Å².